The van der Waals surface area contributed by atoms with Gasteiger partial charge in [0.1, 0.15) is 5.76 Å². The van der Waals surface area contributed by atoms with Gasteiger partial charge in [0, 0.05) is 10.0 Å². The van der Waals surface area contributed by atoms with Crippen LogP contribution in [0.25, 0.3) is 5.76 Å². The first-order chi connectivity index (χ1) is 5.65. The van der Waals surface area contributed by atoms with Crippen LogP contribution in [0.3, 0.4) is 0 Å². The second kappa shape index (κ2) is 3.76. The minimum absolute atomic E-state index is 0.700. The highest BCUT2D eigenvalue weighted by atomic mass is 79.9. The SMILES string of the molecule is C=C(OC)c1ccc(Br)c(C)c1. The average molecular weight is 227 g/mol. The van der Waals surface area contributed by atoms with Gasteiger partial charge in [-0.05, 0) is 24.6 Å². The zero-order valence-electron chi connectivity index (χ0n) is 7.23. The number of hydrogen-bond acceptors (Lipinski definition) is 1. The van der Waals surface area contributed by atoms with Crippen LogP contribution in [0, 0.1) is 6.92 Å². The van der Waals surface area contributed by atoms with Gasteiger partial charge >= 0.3 is 0 Å². The van der Waals surface area contributed by atoms with Crippen LogP contribution in [0.1, 0.15) is 11.1 Å². The van der Waals surface area contributed by atoms with Gasteiger partial charge in [0.15, 0.2) is 0 Å². The van der Waals surface area contributed by atoms with Crippen LogP contribution in [0.4, 0.5) is 0 Å². The van der Waals surface area contributed by atoms with Gasteiger partial charge in [-0.15, -0.1) is 0 Å². The quantitative estimate of drug-likeness (QED) is 0.703. The Morgan fingerprint density at radius 3 is 2.67 bits per heavy atom. The Balaban J connectivity index is 3.05. The Morgan fingerprint density at radius 1 is 1.50 bits per heavy atom. The van der Waals surface area contributed by atoms with Crippen molar-refractivity contribution >= 4 is 21.7 Å². The summed E-state index contributed by atoms with van der Waals surface area (Å²) < 4.78 is 6.13. The molecule has 0 unspecified atom stereocenters. The summed E-state index contributed by atoms with van der Waals surface area (Å²) in [4.78, 5) is 0. The predicted octanol–water partition coefficient (Wildman–Crippen LogP) is 3.37. The summed E-state index contributed by atoms with van der Waals surface area (Å²) in [5.74, 6) is 0.700. The molecular formula is C10H11BrO. The summed E-state index contributed by atoms with van der Waals surface area (Å²) in [6.07, 6.45) is 0. The average Bonchev–Trinajstić information content (AvgIpc) is 2.08. The fourth-order valence-electron chi connectivity index (χ4n) is 0.936. The van der Waals surface area contributed by atoms with Crippen molar-refractivity contribution in [1.29, 1.82) is 0 Å². The molecule has 12 heavy (non-hydrogen) atoms. The van der Waals surface area contributed by atoms with Crippen molar-refractivity contribution in [3.8, 4) is 0 Å². The molecule has 0 atom stereocenters. The smallest absolute Gasteiger partial charge is 0.118 e. The molecule has 1 aromatic carbocycles. The molecule has 0 aliphatic heterocycles. The summed E-state index contributed by atoms with van der Waals surface area (Å²) in [6, 6.07) is 6.01. The summed E-state index contributed by atoms with van der Waals surface area (Å²) in [7, 11) is 1.62. The van der Waals surface area contributed by atoms with E-state index in [0.717, 1.165) is 10.0 Å². The molecule has 64 valence electrons. The normalized spacial score (nSPS) is 9.58. The van der Waals surface area contributed by atoms with Gasteiger partial charge in [0.2, 0.25) is 0 Å². The molecule has 0 bridgehead atoms. The van der Waals surface area contributed by atoms with E-state index in [1.165, 1.54) is 5.56 Å². The van der Waals surface area contributed by atoms with Crippen molar-refractivity contribution in [1.82, 2.24) is 0 Å². The standard InChI is InChI=1S/C10H11BrO/c1-7-6-9(8(2)12-3)4-5-10(7)11/h4-6H,2H2,1,3H3. The van der Waals surface area contributed by atoms with Crippen molar-refractivity contribution < 1.29 is 4.74 Å². The topological polar surface area (TPSA) is 9.23 Å². The third kappa shape index (κ3) is 1.89. The number of ether oxygens (including phenoxy) is 1. The van der Waals surface area contributed by atoms with E-state index in [-0.39, 0.29) is 0 Å². The van der Waals surface area contributed by atoms with Crippen LogP contribution in [-0.4, -0.2) is 7.11 Å². The van der Waals surface area contributed by atoms with Crippen LogP contribution in [0.5, 0.6) is 0 Å². The molecule has 0 N–H and O–H groups in total. The summed E-state index contributed by atoms with van der Waals surface area (Å²) >= 11 is 3.43. The Morgan fingerprint density at radius 2 is 2.17 bits per heavy atom. The maximum absolute atomic E-state index is 5.02. The monoisotopic (exact) mass is 226 g/mol. The molecule has 0 aliphatic carbocycles. The second-order valence-electron chi connectivity index (χ2n) is 2.59. The molecule has 0 radical (unpaired) electrons. The molecular weight excluding hydrogens is 216 g/mol. The number of methoxy groups -OCH3 is 1. The van der Waals surface area contributed by atoms with E-state index in [9.17, 15) is 0 Å². The largest absolute Gasteiger partial charge is 0.497 e. The van der Waals surface area contributed by atoms with Crippen molar-refractivity contribution in [2.24, 2.45) is 0 Å². The zero-order valence-corrected chi connectivity index (χ0v) is 8.81. The van der Waals surface area contributed by atoms with E-state index in [1.54, 1.807) is 7.11 Å². The fourth-order valence-corrected chi connectivity index (χ4v) is 1.18. The molecule has 1 rings (SSSR count). The lowest BCUT2D eigenvalue weighted by Gasteiger charge is -2.05. The summed E-state index contributed by atoms with van der Waals surface area (Å²) in [6.45, 7) is 5.81. The van der Waals surface area contributed by atoms with Crippen molar-refractivity contribution in [2.75, 3.05) is 7.11 Å². The Bertz CT molecular complexity index is 305. The maximum Gasteiger partial charge on any atom is 0.118 e. The fraction of sp³-hybridized carbons (Fsp3) is 0.200. The van der Waals surface area contributed by atoms with Crippen molar-refractivity contribution in [3.63, 3.8) is 0 Å². The Labute approximate surface area is 81.2 Å². The maximum atomic E-state index is 5.02. The summed E-state index contributed by atoms with van der Waals surface area (Å²) in [5, 5.41) is 0. The molecule has 0 saturated heterocycles. The van der Waals surface area contributed by atoms with Crippen LogP contribution >= 0.6 is 15.9 Å². The Kier molecular flexibility index (Phi) is 2.93. The van der Waals surface area contributed by atoms with Crippen molar-refractivity contribution in [3.05, 3.63) is 40.4 Å². The minimum atomic E-state index is 0.700. The highest BCUT2D eigenvalue weighted by Gasteiger charge is 2.00. The van der Waals surface area contributed by atoms with Crippen LogP contribution in [-0.2, 0) is 4.74 Å². The van der Waals surface area contributed by atoms with E-state index in [2.05, 4.69) is 22.5 Å². The minimum Gasteiger partial charge on any atom is -0.497 e. The van der Waals surface area contributed by atoms with Crippen molar-refractivity contribution in [2.45, 2.75) is 6.92 Å². The number of aryl methyl sites for hydroxylation is 1. The lowest BCUT2D eigenvalue weighted by molar-refractivity contribution is 0.371. The third-order valence-electron chi connectivity index (χ3n) is 1.73. The second-order valence-corrected chi connectivity index (χ2v) is 3.45. The van der Waals surface area contributed by atoms with E-state index >= 15 is 0 Å². The van der Waals surface area contributed by atoms with Crippen LogP contribution in [0.15, 0.2) is 29.3 Å². The molecule has 0 fully saturated rings. The molecule has 0 aromatic heterocycles. The van der Waals surface area contributed by atoms with E-state index in [4.69, 9.17) is 4.74 Å². The van der Waals surface area contributed by atoms with Gasteiger partial charge in [-0.2, -0.15) is 0 Å². The highest BCUT2D eigenvalue weighted by Crippen LogP contribution is 2.21. The van der Waals surface area contributed by atoms with Crippen LogP contribution in [0.2, 0.25) is 0 Å². The molecule has 0 amide bonds. The predicted molar refractivity (Wildman–Crippen MR) is 54.9 cm³/mol. The van der Waals surface area contributed by atoms with E-state index < -0.39 is 0 Å². The molecule has 1 nitrogen and oxygen atoms in total. The van der Waals surface area contributed by atoms with Gasteiger partial charge in [-0.1, -0.05) is 28.6 Å². The number of benzene rings is 1. The highest BCUT2D eigenvalue weighted by molar-refractivity contribution is 9.10. The Hall–Kier alpha value is -0.760. The van der Waals surface area contributed by atoms with Gasteiger partial charge in [0.05, 0.1) is 7.11 Å². The number of rotatable bonds is 2. The third-order valence-corrected chi connectivity index (χ3v) is 2.62. The van der Waals surface area contributed by atoms with E-state index in [1.807, 2.05) is 25.1 Å². The lowest BCUT2D eigenvalue weighted by Crippen LogP contribution is -1.86. The molecule has 2 heteroatoms. The first kappa shape index (κ1) is 9.33. The number of hydrogen-bond donors (Lipinski definition) is 0. The van der Waals surface area contributed by atoms with Gasteiger partial charge in [-0.3, -0.25) is 0 Å². The zero-order chi connectivity index (χ0) is 9.14. The van der Waals surface area contributed by atoms with E-state index in [0.29, 0.717) is 5.76 Å². The van der Waals surface area contributed by atoms with Crippen LogP contribution < -0.4 is 0 Å². The summed E-state index contributed by atoms with van der Waals surface area (Å²) in [5.41, 5.74) is 2.21. The molecule has 0 saturated carbocycles. The number of halogens is 1. The first-order valence-electron chi connectivity index (χ1n) is 3.64. The van der Waals surface area contributed by atoms with Gasteiger partial charge in [-0.25, -0.2) is 0 Å². The molecule has 0 aliphatic rings. The molecule has 0 spiro atoms. The first-order valence-corrected chi connectivity index (χ1v) is 4.44. The van der Waals surface area contributed by atoms with Gasteiger partial charge in [0.25, 0.3) is 0 Å². The molecule has 0 heterocycles. The van der Waals surface area contributed by atoms with Gasteiger partial charge < -0.3 is 4.74 Å². The lowest BCUT2D eigenvalue weighted by atomic mass is 10.1. The molecule has 1 aromatic rings.